The standard InChI is InChI=1S/C19H32N4/c1-4-16-7-6-8-17(5-2)18(16)22-19(20)21-12-9-15-10-13-23(3)14-11-15/h6-8,15H,4-5,9-14H2,1-3H3,(H3,20,21,22). The molecule has 0 saturated carbocycles. The fourth-order valence-corrected chi connectivity index (χ4v) is 3.29. The number of anilines is 1. The monoisotopic (exact) mass is 316 g/mol. The smallest absolute Gasteiger partial charge is 0.193 e. The molecule has 2 rings (SSSR count). The first-order valence-electron chi connectivity index (χ1n) is 9.00. The van der Waals surface area contributed by atoms with E-state index in [4.69, 9.17) is 5.73 Å². The maximum Gasteiger partial charge on any atom is 0.193 e. The Labute approximate surface area is 141 Å². The molecule has 0 amide bonds. The molecule has 1 heterocycles. The first-order valence-corrected chi connectivity index (χ1v) is 9.00. The number of aliphatic imine (C=N–C) groups is 1. The summed E-state index contributed by atoms with van der Waals surface area (Å²) in [6.07, 6.45) is 5.72. The van der Waals surface area contributed by atoms with Gasteiger partial charge in [0.05, 0.1) is 0 Å². The minimum atomic E-state index is 0.550. The summed E-state index contributed by atoms with van der Waals surface area (Å²) < 4.78 is 0. The first-order chi connectivity index (χ1) is 11.1. The molecule has 1 saturated heterocycles. The molecule has 0 spiro atoms. The third-order valence-electron chi connectivity index (χ3n) is 4.91. The summed E-state index contributed by atoms with van der Waals surface area (Å²) in [6.45, 7) is 7.60. The second kappa shape index (κ2) is 8.92. The van der Waals surface area contributed by atoms with Crippen molar-refractivity contribution in [1.29, 1.82) is 0 Å². The van der Waals surface area contributed by atoms with Crippen molar-refractivity contribution >= 4 is 11.6 Å². The van der Waals surface area contributed by atoms with Gasteiger partial charge in [-0.25, -0.2) is 0 Å². The predicted molar refractivity (Wildman–Crippen MR) is 100 cm³/mol. The van der Waals surface area contributed by atoms with E-state index in [-0.39, 0.29) is 0 Å². The van der Waals surface area contributed by atoms with Crippen LogP contribution < -0.4 is 11.1 Å². The topological polar surface area (TPSA) is 53.6 Å². The van der Waals surface area contributed by atoms with Crippen molar-refractivity contribution in [3.05, 3.63) is 29.3 Å². The Kier molecular flexibility index (Phi) is 6.90. The zero-order valence-electron chi connectivity index (χ0n) is 14.9. The van der Waals surface area contributed by atoms with Crippen molar-refractivity contribution < 1.29 is 0 Å². The number of benzene rings is 1. The van der Waals surface area contributed by atoms with E-state index in [9.17, 15) is 0 Å². The molecule has 1 fully saturated rings. The average Bonchev–Trinajstić information content (AvgIpc) is 2.57. The summed E-state index contributed by atoms with van der Waals surface area (Å²) in [5.74, 6) is 1.35. The molecule has 128 valence electrons. The number of rotatable bonds is 6. The fourth-order valence-electron chi connectivity index (χ4n) is 3.29. The largest absolute Gasteiger partial charge is 0.370 e. The number of nitrogens with zero attached hydrogens (tertiary/aromatic N) is 2. The Morgan fingerprint density at radius 3 is 2.39 bits per heavy atom. The Balaban J connectivity index is 1.90. The Bertz CT molecular complexity index is 494. The molecule has 0 aromatic heterocycles. The van der Waals surface area contributed by atoms with Gasteiger partial charge in [0.2, 0.25) is 0 Å². The van der Waals surface area contributed by atoms with Crippen LogP contribution in [0.5, 0.6) is 0 Å². The molecule has 1 aromatic rings. The lowest BCUT2D eigenvalue weighted by Crippen LogP contribution is -2.30. The molecule has 0 radical (unpaired) electrons. The van der Waals surface area contributed by atoms with Crippen LogP contribution in [0.25, 0.3) is 0 Å². The number of nitrogens with two attached hydrogens (primary N) is 1. The van der Waals surface area contributed by atoms with E-state index in [0.717, 1.165) is 37.4 Å². The second-order valence-electron chi connectivity index (χ2n) is 6.59. The van der Waals surface area contributed by atoms with Gasteiger partial charge in [-0.15, -0.1) is 0 Å². The molecule has 1 aliphatic rings. The predicted octanol–water partition coefficient (Wildman–Crippen LogP) is 3.27. The summed E-state index contributed by atoms with van der Waals surface area (Å²) in [5, 5.41) is 3.35. The normalized spacial score (nSPS) is 17.4. The van der Waals surface area contributed by atoms with Crippen LogP contribution in [0.15, 0.2) is 23.2 Å². The van der Waals surface area contributed by atoms with E-state index in [1.807, 2.05) is 0 Å². The van der Waals surface area contributed by atoms with E-state index in [2.05, 4.69) is 54.3 Å². The highest BCUT2D eigenvalue weighted by Crippen LogP contribution is 2.22. The molecule has 3 N–H and O–H groups in total. The average molecular weight is 316 g/mol. The van der Waals surface area contributed by atoms with Gasteiger partial charge < -0.3 is 16.0 Å². The molecule has 0 aliphatic carbocycles. The Hall–Kier alpha value is -1.55. The molecule has 0 bridgehead atoms. The van der Waals surface area contributed by atoms with Crippen molar-refractivity contribution in [1.82, 2.24) is 4.90 Å². The maximum atomic E-state index is 6.12. The van der Waals surface area contributed by atoms with Crippen LogP contribution in [0, 0.1) is 5.92 Å². The third kappa shape index (κ3) is 5.24. The van der Waals surface area contributed by atoms with E-state index >= 15 is 0 Å². The van der Waals surface area contributed by atoms with E-state index in [1.165, 1.54) is 37.1 Å². The van der Waals surface area contributed by atoms with Gasteiger partial charge >= 0.3 is 0 Å². The zero-order chi connectivity index (χ0) is 16.7. The fraction of sp³-hybridized carbons (Fsp3) is 0.632. The van der Waals surface area contributed by atoms with Crippen LogP contribution in [0.3, 0.4) is 0 Å². The molecule has 23 heavy (non-hydrogen) atoms. The van der Waals surface area contributed by atoms with Crippen molar-refractivity contribution in [3.8, 4) is 0 Å². The van der Waals surface area contributed by atoms with E-state index in [0.29, 0.717) is 5.96 Å². The number of guanidine groups is 1. The molecule has 0 atom stereocenters. The number of hydrogen-bond donors (Lipinski definition) is 2. The van der Waals surface area contributed by atoms with E-state index < -0.39 is 0 Å². The van der Waals surface area contributed by atoms with Crippen LogP contribution in [0.1, 0.15) is 44.2 Å². The molecule has 4 heteroatoms. The van der Waals surface area contributed by atoms with Gasteiger partial charge in [-0.05, 0) is 69.3 Å². The SMILES string of the molecule is CCc1cccc(CC)c1NC(N)=NCCC1CCN(C)CC1. The lowest BCUT2D eigenvalue weighted by atomic mass is 9.94. The summed E-state index contributed by atoms with van der Waals surface area (Å²) in [4.78, 5) is 6.96. The number of para-hydroxylation sites is 1. The lowest BCUT2D eigenvalue weighted by Gasteiger charge is -2.28. The molecule has 4 nitrogen and oxygen atoms in total. The van der Waals surface area contributed by atoms with Gasteiger partial charge in [0.1, 0.15) is 0 Å². The highest BCUT2D eigenvalue weighted by atomic mass is 15.1. The minimum absolute atomic E-state index is 0.550. The summed E-state index contributed by atoms with van der Waals surface area (Å²) in [7, 11) is 2.20. The van der Waals surface area contributed by atoms with Crippen LogP contribution >= 0.6 is 0 Å². The molecule has 1 aromatic carbocycles. The van der Waals surface area contributed by atoms with Crippen molar-refractivity contribution in [3.63, 3.8) is 0 Å². The van der Waals surface area contributed by atoms with E-state index in [1.54, 1.807) is 0 Å². The Morgan fingerprint density at radius 1 is 1.22 bits per heavy atom. The number of piperidine rings is 1. The summed E-state index contributed by atoms with van der Waals surface area (Å²) in [5.41, 5.74) is 9.88. The Morgan fingerprint density at radius 2 is 1.83 bits per heavy atom. The highest BCUT2D eigenvalue weighted by Gasteiger charge is 2.16. The number of likely N-dealkylation sites (tertiary alicyclic amines) is 1. The first kappa shape index (κ1) is 17.8. The molecular formula is C19H32N4. The van der Waals surface area contributed by atoms with Crippen LogP contribution in [-0.4, -0.2) is 37.5 Å². The quantitative estimate of drug-likeness (QED) is 0.625. The number of hydrogen-bond acceptors (Lipinski definition) is 2. The second-order valence-corrected chi connectivity index (χ2v) is 6.59. The van der Waals surface area contributed by atoms with Crippen molar-refractivity contribution in [2.75, 3.05) is 32.0 Å². The molecule has 1 aliphatic heterocycles. The number of aryl methyl sites for hydroxylation is 2. The van der Waals surface area contributed by atoms with Crippen LogP contribution in [0.2, 0.25) is 0 Å². The summed E-state index contributed by atoms with van der Waals surface area (Å²) >= 11 is 0. The summed E-state index contributed by atoms with van der Waals surface area (Å²) in [6, 6.07) is 6.44. The van der Waals surface area contributed by atoms with Gasteiger partial charge in [-0.2, -0.15) is 0 Å². The number of nitrogens with one attached hydrogen (secondary N) is 1. The van der Waals surface area contributed by atoms with Crippen molar-refractivity contribution in [2.45, 2.75) is 46.0 Å². The van der Waals surface area contributed by atoms with Gasteiger partial charge in [-0.1, -0.05) is 32.0 Å². The van der Waals surface area contributed by atoms with Crippen molar-refractivity contribution in [2.24, 2.45) is 16.6 Å². The van der Waals surface area contributed by atoms with Gasteiger partial charge in [-0.3, -0.25) is 4.99 Å². The minimum Gasteiger partial charge on any atom is -0.370 e. The third-order valence-corrected chi connectivity index (χ3v) is 4.91. The zero-order valence-corrected chi connectivity index (χ0v) is 14.9. The van der Waals surface area contributed by atoms with Gasteiger partial charge in [0, 0.05) is 12.2 Å². The van der Waals surface area contributed by atoms with Gasteiger partial charge in [0.15, 0.2) is 5.96 Å². The van der Waals surface area contributed by atoms with Crippen LogP contribution in [0.4, 0.5) is 5.69 Å². The molecular weight excluding hydrogens is 284 g/mol. The molecule has 0 unspecified atom stereocenters. The maximum absolute atomic E-state index is 6.12. The van der Waals surface area contributed by atoms with Crippen LogP contribution in [-0.2, 0) is 12.8 Å². The van der Waals surface area contributed by atoms with Gasteiger partial charge in [0.25, 0.3) is 0 Å². The lowest BCUT2D eigenvalue weighted by molar-refractivity contribution is 0.214. The highest BCUT2D eigenvalue weighted by molar-refractivity contribution is 5.93.